The predicted octanol–water partition coefficient (Wildman–Crippen LogP) is 2.23. The van der Waals surface area contributed by atoms with Gasteiger partial charge in [-0.1, -0.05) is 13.8 Å². The van der Waals surface area contributed by atoms with Crippen molar-refractivity contribution < 1.29 is 4.79 Å². The topological polar surface area (TPSA) is 62.2 Å². The summed E-state index contributed by atoms with van der Waals surface area (Å²) in [5.74, 6) is 1.52. The molecule has 2 aromatic heterocycles. The highest BCUT2D eigenvalue weighted by atomic mass is 16.2. The Kier molecular flexibility index (Phi) is 5.03. The lowest BCUT2D eigenvalue weighted by molar-refractivity contribution is -0.132. The third-order valence-electron chi connectivity index (χ3n) is 4.17. The van der Waals surface area contributed by atoms with E-state index in [-0.39, 0.29) is 5.91 Å². The smallest absolute Gasteiger partial charge is 0.222 e. The van der Waals surface area contributed by atoms with E-state index in [4.69, 9.17) is 0 Å². The summed E-state index contributed by atoms with van der Waals surface area (Å²) < 4.78 is 0. The Hall–Kier alpha value is -2.50. The van der Waals surface area contributed by atoms with Gasteiger partial charge in [-0.05, 0) is 30.2 Å². The maximum absolute atomic E-state index is 12.1. The second-order valence-corrected chi connectivity index (χ2v) is 6.48. The molecule has 3 heterocycles. The van der Waals surface area contributed by atoms with Gasteiger partial charge in [0, 0.05) is 50.6 Å². The van der Waals surface area contributed by atoms with Gasteiger partial charge in [-0.2, -0.15) is 0 Å². The second-order valence-electron chi connectivity index (χ2n) is 6.48. The molecule has 6 nitrogen and oxygen atoms in total. The largest absolute Gasteiger partial charge is 0.352 e. The number of aromatic nitrogens is 3. The lowest BCUT2D eigenvalue weighted by Gasteiger charge is -2.35. The molecule has 2 aromatic rings. The fourth-order valence-electron chi connectivity index (χ4n) is 2.83. The van der Waals surface area contributed by atoms with Crippen molar-refractivity contribution in [1.29, 1.82) is 0 Å². The van der Waals surface area contributed by atoms with E-state index in [0.717, 1.165) is 43.3 Å². The predicted molar refractivity (Wildman–Crippen MR) is 93.5 cm³/mol. The summed E-state index contributed by atoms with van der Waals surface area (Å²) in [7, 11) is 0. The Morgan fingerprint density at radius 2 is 1.75 bits per heavy atom. The van der Waals surface area contributed by atoms with Gasteiger partial charge in [-0.25, -0.2) is 0 Å². The van der Waals surface area contributed by atoms with E-state index >= 15 is 0 Å². The molecule has 0 saturated carbocycles. The van der Waals surface area contributed by atoms with Crippen molar-refractivity contribution in [2.24, 2.45) is 5.92 Å². The van der Waals surface area contributed by atoms with Crippen LogP contribution in [0.5, 0.6) is 0 Å². The van der Waals surface area contributed by atoms with Crippen LogP contribution in [-0.2, 0) is 4.79 Å². The monoisotopic (exact) mass is 325 g/mol. The summed E-state index contributed by atoms with van der Waals surface area (Å²) >= 11 is 0. The summed E-state index contributed by atoms with van der Waals surface area (Å²) in [5.41, 5.74) is 1.85. The summed E-state index contributed by atoms with van der Waals surface area (Å²) in [6.45, 7) is 7.25. The Balaban J connectivity index is 1.60. The number of piperazine rings is 1. The van der Waals surface area contributed by atoms with Gasteiger partial charge in [0.2, 0.25) is 5.91 Å². The number of hydrogen-bond acceptors (Lipinski definition) is 5. The summed E-state index contributed by atoms with van der Waals surface area (Å²) in [4.78, 5) is 20.3. The van der Waals surface area contributed by atoms with Crippen molar-refractivity contribution in [2.45, 2.75) is 20.3 Å². The molecule has 1 aliphatic heterocycles. The van der Waals surface area contributed by atoms with Crippen molar-refractivity contribution in [2.75, 3.05) is 31.1 Å². The van der Waals surface area contributed by atoms with Gasteiger partial charge in [0.25, 0.3) is 0 Å². The highest BCUT2D eigenvalue weighted by Gasteiger charge is 2.22. The first-order valence-corrected chi connectivity index (χ1v) is 8.40. The van der Waals surface area contributed by atoms with Gasteiger partial charge in [0.05, 0.1) is 5.69 Å². The zero-order chi connectivity index (χ0) is 16.9. The molecule has 1 saturated heterocycles. The lowest BCUT2D eigenvalue weighted by atomic mass is 10.1. The van der Waals surface area contributed by atoms with Gasteiger partial charge >= 0.3 is 0 Å². The second kappa shape index (κ2) is 7.38. The van der Waals surface area contributed by atoms with Crippen molar-refractivity contribution in [3.05, 3.63) is 36.7 Å². The molecular formula is C18H23N5O. The summed E-state index contributed by atoms with van der Waals surface area (Å²) in [6.07, 6.45) is 4.12. The summed E-state index contributed by atoms with van der Waals surface area (Å²) in [6, 6.07) is 7.81. The van der Waals surface area contributed by atoms with E-state index in [0.29, 0.717) is 12.3 Å². The number of amides is 1. The quantitative estimate of drug-likeness (QED) is 0.862. The number of pyridine rings is 1. The van der Waals surface area contributed by atoms with E-state index in [1.807, 2.05) is 29.2 Å². The highest BCUT2D eigenvalue weighted by molar-refractivity contribution is 5.76. The molecule has 24 heavy (non-hydrogen) atoms. The van der Waals surface area contributed by atoms with Crippen LogP contribution in [0.2, 0.25) is 0 Å². The molecule has 0 aromatic carbocycles. The molecule has 0 radical (unpaired) electrons. The van der Waals surface area contributed by atoms with E-state index in [1.54, 1.807) is 12.4 Å². The Morgan fingerprint density at radius 1 is 1.04 bits per heavy atom. The van der Waals surface area contributed by atoms with Crippen LogP contribution in [0.25, 0.3) is 11.3 Å². The van der Waals surface area contributed by atoms with Crippen LogP contribution in [0.4, 0.5) is 5.82 Å². The molecule has 0 bridgehead atoms. The Labute approximate surface area is 142 Å². The zero-order valence-corrected chi connectivity index (χ0v) is 14.2. The Bertz CT molecular complexity index is 664. The maximum atomic E-state index is 12.1. The average Bonchev–Trinajstić information content (AvgIpc) is 2.62. The van der Waals surface area contributed by atoms with Gasteiger partial charge in [0.1, 0.15) is 0 Å². The van der Waals surface area contributed by atoms with Crippen LogP contribution in [0, 0.1) is 5.92 Å². The van der Waals surface area contributed by atoms with Gasteiger partial charge in [0.15, 0.2) is 5.82 Å². The van der Waals surface area contributed by atoms with E-state index in [1.165, 1.54) is 0 Å². The van der Waals surface area contributed by atoms with Crippen molar-refractivity contribution in [3.8, 4) is 11.3 Å². The minimum Gasteiger partial charge on any atom is -0.352 e. The average molecular weight is 325 g/mol. The number of hydrogen-bond donors (Lipinski definition) is 0. The van der Waals surface area contributed by atoms with Gasteiger partial charge < -0.3 is 9.80 Å². The maximum Gasteiger partial charge on any atom is 0.222 e. The highest BCUT2D eigenvalue weighted by Crippen LogP contribution is 2.19. The molecule has 0 N–H and O–H groups in total. The van der Waals surface area contributed by atoms with Crippen LogP contribution in [0.1, 0.15) is 20.3 Å². The molecule has 6 heteroatoms. The molecule has 0 spiro atoms. The van der Waals surface area contributed by atoms with Crippen molar-refractivity contribution in [3.63, 3.8) is 0 Å². The lowest BCUT2D eigenvalue weighted by Crippen LogP contribution is -2.49. The number of nitrogens with zero attached hydrogens (tertiary/aromatic N) is 5. The normalized spacial score (nSPS) is 15.0. The molecular weight excluding hydrogens is 302 g/mol. The molecule has 126 valence electrons. The van der Waals surface area contributed by atoms with E-state index in [2.05, 4.69) is 33.9 Å². The third kappa shape index (κ3) is 3.88. The van der Waals surface area contributed by atoms with Gasteiger partial charge in [-0.15, -0.1) is 10.2 Å². The SMILES string of the molecule is CC(C)CC(=O)N1CCN(c2ccc(-c3ccncc3)nn2)CC1. The van der Waals surface area contributed by atoms with Crippen LogP contribution < -0.4 is 4.90 Å². The van der Waals surface area contributed by atoms with Crippen LogP contribution >= 0.6 is 0 Å². The van der Waals surface area contributed by atoms with Crippen molar-refractivity contribution >= 4 is 11.7 Å². The Morgan fingerprint density at radius 3 is 2.33 bits per heavy atom. The van der Waals surface area contributed by atoms with Crippen LogP contribution in [0.15, 0.2) is 36.7 Å². The molecule has 0 unspecified atom stereocenters. The molecule has 0 atom stereocenters. The number of carbonyl (C=O) groups is 1. The summed E-state index contributed by atoms with van der Waals surface area (Å²) in [5, 5.41) is 8.67. The molecule has 1 aliphatic rings. The first kappa shape index (κ1) is 16.4. The molecule has 3 rings (SSSR count). The number of anilines is 1. The molecule has 1 fully saturated rings. The number of carbonyl (C=O) groups excluding carboxylic acids is 1. The van der Waals surface area contributed by atoms with Crippen LogP contribution in [0.3, 0.4) is 0 Å². The zero-order valence-electron chi connectivity index (χ0n) is 14.2. The minimum atomic E-state index is 0.253. The van der Waals surface area contributed by atoms with E-state index in [9.17, 15) is 4.79 Å². The van der Waals surface area contributed by atoms with Crippen molar-refractivity contribution in [1.82, 2.24) is 20.1 Å². The van der Waals surface area contributed by atoms with Gasteiger partial charge in [-0.3, -0.25) is 9.78 Å². The fraction of sp³-hybridized carbons (Fsp3) is 0.444. The fourth-order valence-corrected chi connectivity index (χ4v) is 2.83. The standard InChI is InChI=1S/C18H23N5O/c1-14(2)13-18(24)23-11-9-22(10-12-23)17-4-3-16(20-21-17)15-5-7-19-8-6-15/h3-8,14H,9-13H2,1-2H3. The first-order valence-electron chi connectivity index (χ1n) is 8.40. The first-order chi connectivity index (χ1) is 11.6. The number of rotatable bonds is 4. The minimum absolute atomic E-state index is 0.253. The van der Waals surface area contributed by atoms with E-state index < -0.39 is 0 Å². The van der Waals surface area contributed by atoms with Crippen LogP contribution in [-0.4, -0.2) is 52.2 Å². The third-order valence-corrected chi connectivity index (χ3v) is 4.17. The molecule has 0 aliphatic carbocycles. The molecule has 1 amide bonds.